The maximum Gasteiger partial charge on any atom is 0.408 e. The SMILES string of the molecule is CC(C(NC(=O)OCc1ccccc1)C(=O)OC(C)(C)C)C(F)(F)F. The Kier molecular flexibility index (Phi) is 6.84. The topological polar surface area (TPSA) is 64.6 Å². The number of benzene rings is 1. The molecule has 2 unspecified atom stereocenters. The van der Waals surface area contributed by atoms with Crippen molar-refractivity contribution in [3.8, 4) is 0 Å². The largest absolute Gasteiger partial charge is 0.458 e. The molecule has 0 saturated carbocycles. The molecule has 0 saturated heterocycles. The van der Waals surface area contributed by atoms with E-state index in [0.717, 1.165) is 6.92 Å². The minimum Gasteiger partial charge on any atom is -0.458 e. The summed E-state index contributed by atoms with van der Waals surface area (Å²) in [5.41, 5.74) is -0.327. The van der Waals surface area contributed by atoms with E-state index in [9.17, 15) is 22.8 Å². The van der Waals surface area contributed by atoms with Crippen molar-refractivity contribution in [1.29, 1.82) is 0 Å². The minimum atomic E-state index is -4.69. The van der Waals surface area contributed by atoms with Crippen LogP contribution < -0.4 is 5.32 Å². The van der Waals surface area contributed by atoms with E-state index in [-0.39, 0.29) is 6.61 Å². The Bertz CT molecular complexity index is 582. The number of rotatable bonds is 5. The second-order valence-electron chi connectivity index (χ2n) is 6.55. The van der Waals surface area contributed by atoms with Crippen LogP contribution in [0.1, 0.15) is 33.3 Å². The first-order valence-electron chi connectivity index (χ1n) is 7.67. The molecule has 0 aliphatic carbocycles. The van der Waals surface area contributed by atoms with Gasteiger partial charge in [-0.15, -0.1) is 0 Å². The Balaban J connectivity index is 2.78. The third-order valence-corrected chi connectivity index (χ3v) is 3.16. The van der Waals surface area contributed by atoms with Crippen LogP contribution in [-0.2, 0) is 20.9 Å². The molecule has 0 aliphatic heterocycles. The number of ether oxygens (including phenoxy) is 2. The first-order chi connectivity index (χ1) is 11.4. The summed E-state index contributed by atoms with van der Waals surface area (Å²) in [5, 5.41) is 1.96. The number of esters is 1. The molecule has 25 heavy (non-hydrogen) atoms. The molecule has 5 nitrogen and oxygen atoms in total. The molecule has 0 aromatic heterocycles. The molecule has 1 aromatic rings. The van der Waals surface area contributed by atoms with Gasteiger partial charge in [0, 0.05) is 0 Å². The number of alkyl carbamates (subject to hydrolysis) is 1. The number of halogens is 3. The van der Waals surface area contributed by atoms with Crippen LogP contribution in [0.3, 0.4) is 0 Å². The minimum absolute atomic E-state index is 0.131. The van der Waals surface area contributed by atoms with E-state index in [1.165, 1.54) is 20.8 Å². The molecule has 2 atom stereocenters. The van der Waals surface area contributed by atoms with Crippen LogP contribution in [0.15, 0.2) is 30.3 Å². The van der Waals surface area contributed by atoms with Gasteiger partial charge in [0.2, 0.25) is 0 Å². The van der Waals surface area contributed by atoms with Crippen LogP contribution in [0.5, 0.6) is 0 Å². The lowest BCUT2D eigenvalue weighted by atomic mass is 10.0. The molecule has 1 aromatic carbocycles. The van der Waals surface area contributed by atoms with Crippen LogP contribution in [0.4, 0.5) is 18.0 Å². The number of carbonyl (C=O) groups is 2. The molecule has 1 N–H and O–H groups in total. The lowest BCUT2D eigenvalue weighted by Crippen LogP contribution is -2.51. The molecular formula is C17H22F3NO4. The maximum absolute atomic E-state index is 13.0. The standard InChI is InChI=1S/C17H22F3NO4/c1-11(17(18,19)20)13(14(22)25-16(2,3)4)21-15(23)24-10-12-8-6-5-7-9-12/h5-9,11,13H,10H2,1-4H3,(H,21,23). The number of alkyl halides is 3. The van der Waals surface area contributed by atoms with Crippen LogP contribution in [0.2, 0.25) is 0 Å². The molecule has 0 bridgehead atoms. The van der Waals surface area contributed by atoms with E-state index >= 15 is 0 Å². The van der Waals surface area contributed by atoms with E-state index in [0.29, 0.717) is 5.56 Å². The Labute approximate surface area is 144 Å². The fourth-order valence-electron chi connectivity index (χ4n) is 1.83. The first-order valence-corrected chi connectivity index (χ1v) is 7.67. The average Bonchev–Trinajstić information content (AvgIpc) is 2.48. The first kappa shape index (κ1) is 20.8. The van der Waals surface area contributed by atoms with Gasteiger partial charge in [-0.05, 0) is 26.3 Å². The monoisotopic (exact) mass is 361 g/mol. The molecule has 0 spiro atoms. The van der Waals surface area contributed by atoms with Gasteiger partial charge < -0.3 is 14.8 Å². The van der Waals surface area contributed by atoms with Gasteiger partial charge in [0.1, 0.15) is 18.2 Å². The highest BCUT2D eigenvalue weighted by Crippen LogP contribution is 2.29. The second kappa shape index (κ2) is 8.22. The highest BCUT2D eigenvalue weighted by Gasteiger charge is 2.46. The van der Waals surface area contributed by atoms with Crippen LogP contribution >= 0.6 is 0 Å². The highest BCUT2D eigenvalue weighted by molar-refractivity contribution is 5.82. The summed E-state index contributed by atoms with van der Waals surface area (Å²) >= 11 is 0. The molecule has 0 radical (unpaired) electrons. The molecule has 140 valence electrons. The molecule has 0 fully saturated rings. The summed E-state index contributed by atoms with van der Waals surface area (Å²) in [5.74, 6) is -3.30. The number of nitrogens with one attached hydrogen (secondary N) is 1. The van der Waals surface area contributed by atoms with Gasteiger partial charge in [-0.1, -0.05) is 37.3 Å². The van der Waals surface area contributed by atoms with E-state index in [2.05, 4.69) is 0 Å². The normalized spacial score (nSPS) is 14.4. The van der Waals surface area contributed by atoms with E-state index in [1.54, 1.807) is 30.3 Å². The Morgan fingerprint density at radius 2 is 1.68 bits per heavy atom. The Morgan fingerprint density at radius 1 is 1.12 bits per heavy atom. The summed E-state index contributed by atoms with van der Waals surface area (Å²) in [7, 11) is 0. The molecule has 1 rings (SSSR count). The van der Waals surface area contributed by atoms with Crippen molar-refractivity contribution in [1.82, 2.24) is 5.32 Å². The predicted molar refractivity (Wildman–Crippen MR) is 84.6 cm³/mol. The number of carbonyl (C=O) groups excluding carboxylic acids is 2. The van der Waals surface area contributed by atoms with Crippen LogP contribution in [0.25, 0.3) is 0 Å². The fraction of sp³-hybridized carbons (Fsp3) is 0.529. The predicted octanol–water partition coefficient (Wildman–Crippen LogP) is 3.82. The maximum atomic E-state index is 13.0. The lowest BCUT2D eigenvalue weighted by molar-refractivity contribution is -0.191. The van der Waals surface area contributed by atoms with E-state index < -0.39 is 35.8 Å². The van der Waals surface area contributed by atoms with Crippen molar-refractivity contribution >= 4 is 12.1 Å². The summed E-state index contributed by atoms with van der Waals surface area (Å²) in [6.45, 7) is 5.23. The number of hydrogen-bond acceptors (Lipinski definition) is 4. The van der Waals surface area contributed by atoms with Crippen molar-refractivity contribution in [3.63, 3.8) is 0 Å². The summed E-state index contributed by atoms with van der Waals surface area (Å²) in [6.07, 6.45) is -5.82. The summed E-state index contributed by atoms with van der Waals surface area (Å²) in [6, 6.07) is 6.71. The Hall–Kier alpha value is -2.25. The van der Waals surface area contributed by atoms with E-state index in [1.807, 2.05) is 5.32 Å². The quantitative estimate of drug-likeness (QED) is 0.810. The van der Waals surface area contributed by atoms with E-state index in [4.69, 9.17) is 9.47 Å². The molecular weight excluding hydrogens is 339 g/mol. The molecule has 0 aliphatic rings. The summed E-state index contributed by atoms with van der Waals surface area (Å²) in [4.78, 5) is 23.9. The third-order valence-electron chi connectivity index (χ3n) is 3.16. The van der Waals surface area contributed by atoms with Gasteiger partial charge in [-0.2, -0.15) is 13.2 Å². The zero-order chi connectivity index (χ0) is 19.3. The molecule has 8 heteroatoms. The van der Waals surface area contributed by atoms with Crippen molar-refractivity contribution in [2.24, 2.45) is 5.92 Å². The zero-order valence-corrected chi connectivity index (χ0v) is 14.5. The van der Waals surface area contributed by atoms with Crippen molar-refractivity contribution < 1.29 is 32.2 Å². The van der Waals surface area contributed by atoms with Gasteiger partial charge in [-0.25, -0.2) is 9.59 Å². The molecule has 0 heterocycles. The van der Waals surface area contributed by atoms with Gasteiger partial charge in [-0.3, -0.25) is 0 Å². The van der Waals surface area contributed by atoms with Gasteiger partial charge in [0.25, 0.3) is 0 Å². The van der Waals surface area contributed by atoms with Crippen LogP contribution in [-0.4, -0.2) is 29.9 Å². The van der Waals surface area contributed by atoms with Crippen molar-refractivity contribution in [3.05, 3.63) is 35.9 Å². The fourth-order valence-corrected chi connectivity index (χ4v) is 1.83. The van der Waals surface area contributed by atoms with Gasteiger partial charge in [0.05, 0.1) is 5.92 Å². The van der Waals surface area contributed by atoms with Crippen LogP contribution in [0, 0.1) is 5.92 Å². The number of amides is 1. The zero-order valence-electron chi connectivity index (χ0n) is 14.5. The van der Waals surface area contributed by atoms with Crippen molar-refractivity contribution in [2.45, 2.75) is 52.1 Å². The van der Waals surface area contributed by atoms with Crippen molar-refractivity contribution in [2.75, 3.05) is 0 Å². The number of hydrogen-bond donors (Lipinski definition) is 1. The third kappa shape index (κ3) is 7.45. The average molecular weight is 361 g/mol. The highest BCUT2D eigenvalue weighted by atomic mass is 19.4. The Morgan fingerprint density at radius 3 is 2.16 bits per heavy atom. The lowest BCUT2D eigenvalue weighted by Gasteiger charge is -2.28. The van der Waals surface area contributed by atoms with Gasteiger partial charge in [0.15, 0.2) is 0 Å². The molecule has 1 amide bonds. The van der Waals surface area contributed by atoms with Gasteiger partial charge >= 0.3 is 18.2 Å². The summed E-state index contributed by atoms with van der Waals surface area (Å²) < 4.78 is 48.8. The smallest absolute Gasteiger partial charge is 0.408 e. The second-order valence-corrected chi connectivity index (χ2v) is 6.55.